The maximum Gasteiger partial charge on any atom is 0.361 e. The van der Waals surface area contributed by atoms with Gasteiger partial charge in [-0.3, -0.25) is 4.57 Å². The minimum absolute atomic E-state index is 0.0280. The lowest BCUT2D eigenvalue weighted by Gasteiger charge is -2.29. The number of nitrogens with zero attached hydrogens (tertiary/aromatic N) is 1. The molecule has 0 aliphatic heterocycles. The summed E-state index contributed by atoms with van der Waals surface area (Å²) in [7, 11) is -7.46. The van der Waals surface area contributed by atoms with Crippen LogP contribution in [-0.2, 0) is 30.1 Å². The highest BCUT2D eigenvalue weighted by Gasteiger charge is 2.31. The van der Waals surface area contributed by atoms with Crippen LogP contribution in [0.1, 0.15) is 33.3 Å². The Labute approximate surface area is 203 Å². The van der Waals surface area contributed by atoms with Gasteiger partial charge in [0.2, 0.25) is 10.0 Å². The van der Waals surface area contributed by atoms with Crippen molar-refractivity contribution in [1.82, 2.24) is 4.31 Å². The summed E-state index contributed by atoms with van der Waals surface area (Å²) in [5.74, 6) is 0.0303. The second kappa shape index (κ2) is 12.9. The van der Waals surface area contributed by atoms with Crippen LogP contribution in [0.5, 0.6) is 0 Å². The van der Waals surface area contributed by atoms with E-state index in [-0.39, 0.29) is 42.4 Å². The molecule has 0 aliphatic rings. The number of hydrogen-bond donors (Lipinski definition) is 2. The quantitative estimate of drug-likeness (QED) is 0.373. The summed E-state index contributed by atoms with van der Waals surface area (Å²) in [4.78, 5) is 0.0280. The normalized spacial score (nSPS) is 14.5. The van der Waals surface area contributed by atoms with Gasteiger partial charge in [0.05, 0.1) is 29.5 Å². The number of sulfonamides is 1. The van der Waals surface area contributed by atoms with E-state index in [1.165, 1.54) is 28.6 Å². The zero-order valence-electron chi connectivity index (χ0n) is 20.3. The Morgan fingerprint density at radius 1 is 0.971 bits per heavy atom. The standard InChI is InChI=1S/C24H37N2O6PS/c1-5-31-33(28,32-6-2)21-12-14-22(15-13-21)34(29,30)26(17-19(3)4)18-24(27)23(25)16-20-10-8-7-9-11-20/h7-15,19,23-24,27H,5-6,16-18,25H2,1-4H3/t23-,24+/m0/s1. The largest absolute Gasteiger partial charge is 0.390 e. The van der Waals surface area contributed by atoms with Crippen molar-refractivity contribution in [3.63, 3.8) is 0 Å². The minimum atomic E-state index is -3.94. The van der Waals surface area contributed by atoms with Gasteiger partial charge in [-0.2, -0.15) is 4.31 Å². The first-order valence-electron chi connectivity index (χ1n) is 11.5. The van der Waals surface area contributed by atoms with Crippen LogP contribution in [0.25, 0.3) is 0 Å². The fraction of sp³-hybridized carbons (Fsp3) is 0.500. The van der Waals surface area contributed by atoms with E-state index in [1.807, 2.05) is 44.2 Å². The predicted octanol–water partition coefficient (Wildman–Crippen LogP) is 3.16. The average molecular weight is 513 g/mol. The molecular formula is C24H37N2O6PS. The van der Waals surface area contributed by atoms with Gasteiger partial charge in [-0.05, 0) is 56.0 Å². The lowest BCUT2D eigenvalue weighted by Crippen LogP contribution is -2.47. The van der Waals surface area contributed by atoms with Crippen LogP contribution < -0.4 is 11.0 Å². The van der Waals surface area contributed by atoms with Crippen molar-refractivity contribution < 1.29 is 27.1 Å². The number of aliphatic hydroxyl groups is 1. The molecule has 2 aromatic carbocycles. The van der Waals surface area contributed by atoms with Crippen molar-refractivity contribution in [2.75, 3.05) is 26.3 Å². The Hall–Kier alpha value is -1.58. The molecule has 0 amide bonds. The summed E-state index contributed by atoms with van der Waals surface area (Å²) in [6, 6.07) is 14.6. The van der Waals surface area contributed by atoms with Gasteiger partial charge in [-0.15, -0.1) is 0 Å². The third-order valence-corrected chi connectivity index (χ3v) is 9.13. The molecule has 0 aromatic heterocycles. The lowest BCUT2D eigenvalue weighted by atomic mass is 10.0. The fourth-order valence-corrected chi connectivity index (χ4v) is 6.71. The van der Waals surface area contributed by atoms with Gasteiger partial charge in [0, 0.05) is 19.1 Å². The van der Waals surface area contributed by atoms with E-state index < -0.39 is 29.8 Å². The van der Waals surface area contributed by atoms with E-state index in [0.717, 1.165) is 5.56 Å². The zero-order valence-corrected chi connectivity index (χ0v) is 22.0. The first-order chi connectivity index (χ1) is 16.0. The average Bonchev–Trinajstić information content (AvgIpc) is 2.79. The van der Waals surface area contributed by atoms with Crippen molar-refractivity contribution >= 4 is 22.9 Å². The van der Waals surface area contributed by atoms with E-state index in [1.54, 1.807) is 13.8 Å². The molecule has 2 aromatic rings. The Balaban J connectivity index is 2.25. The maximum absolute atomic E-state index is 13.4. The number of benzene rings is 2. The van der Waals surface area contributed by atoms with Gasteiger partial charge in [-0.1, -0.05) is 44.2 Å². The smallest absolute Gasteiger partial charge is 0.361 e. The number of nitrogens with two attached hydrogens (primary N) is 1. The van der Waals surface area contributed by atoms with Gasteiger partial charge >= 0.3 is 7.60 Å². The number of hydrogen-bond acceptors (Lipinski definition) is 7. The molecule has 0 unspecified atom stereocenters. The molecule has 34 heavy (non-hydrogen) atoms. The van der Waals surface area contributed by atoms with Crippen molar-refractivity contribution in [2.45, 2.75) is 51.2 Å². The van der Waals surface area contributed by atoms with Crippen LogP contribution >= 0.6 is 7.60 Å². The lowest BCUT2D eigenvalue weighted by molar-refractivity contribution is 0.116. The highest BCUT2D eigenvalue weighted by molar-refractivity contribution is 7.89. The highest BCUT2D eigenvalue weighted by Crippen LogP contribution is 2.46. The van der Waals surface area contributed by atoms with Crippen molar-refractivity contribution in [3.8, 4) is 0 Å². The van der Waals surface area contributed by atoms with Gasteiger partial charge in [0.25, 0.3) is 0 Å². The van der Waals surface area contributed by atoms with Crippen LogP contribution in [0, 0.1) is 5.92 Å². The van der Waals surface area contributed by atoms with E-state index >= 15 is 0 Å². The summed E-state index contributed by atoms with van der Waals surface area (Å²) in [5.41, 5.74) is 7.17. The summed E-state index contributed by atoms with van der Waals surface area (Å²) >= 11 is 0. The van der Waals surface area contributed by atoms with Crippen LogP contribution in [-0.4, -0.2) is 56.3 Å². The Morgan fingerprint density at radius 3 is 2.03 bits per heavy atom. The zero-order chi connectivity index (χ0) is 25.4. The Kier molecular flexibility index (Phi) is 10.9. The molecule has 0 radical (unpaired) electrons. The topological polar surface area (TPSA) is 119 Å². The van der Waals surface area contributed by atoms with Gasteiger partial charge < -0.3 is 19.9 Å². The third-order valence-electron chi connectivity index (χ3n) is 5.16. The van der Waals surface area contributed by atoms with Crippen LogP contribution in [0.15, 0.2) is 59.5 Å². The Bertz CT molecular complexity index is 1020. The van der Waals surface area contributed by atoms with Crippen molar-refractivity contribution in [2.24, 2.45) is 11.7 Å². The molecule has 0 spiro atoms. The highest BCUT2D eigenvalue weighted by atomic mass is 32.2. The first kappa shape index (κ1) is 28.7. The fourth-order valence-electron chi connectivity index (χ4n) is 3.52. The first-order valence-corrected chi connectivity index (χ1v) is 14.5. The van der Waals surface area contributed by atoms with Crippen molar-refractivity contribution in [1.29, 1.82) is 0 Å². The number of rotatable bonds is 14. The number of aliphatic hydroxyl groups excluding tert-OH is 1. The minimum Gasteiger partial charge on any atom is -0.390 e. The molecule has 0 heterocycles. The van der Waals surface area contributed by atoms with Crippen LogP contribution in [0.3, 0.4) is 0 Å². The molecule has 10 heteroatoms. The summed E-state index contributed by atoms with van der Waals surface area (Å²) < 4.78 is 51.8. The van der Waals surface area contributed by atoms with Crippen LogP contribution in [0.2, 0.25) is 0 Å². The molecular weight excluding hydrogens is 475 g/mol. The maximum atomic E-state index is 13.4. The second-order valence-electron chi connectivity index (χ2n) is 8.46. The van der Waals surface area contributed by atoms with Gasteiger partial charge in [0.1, 0.15) is 0 Å². The van der Waals surface area contributed by atoms with E-state index in [9.17, 15) is 18.1 Å². The SMILES string of the molecule is CCOP(=O)(OCC)c1ccc(S(=O)(=O)N(CC(C)C)C[C@@H](O)[C@@H](N)Cc2ccccc2)cc1. The summed E-state index contributed by atoms with van der Waals surface area (Å²) in [5, 5.41) is 11.0. The predicted molar refractivity (Wildman–Crippen MR) is 135 cm³/mol. The summed E-state index contributed by atoms with van der Waals surface area (Å²) in [6.07, 6.45) is -0.625. The monoisotopic (exact) mass is 512 g/mol. The Morgan fingerprint density at radius 2 is 1.53 bits per heavy atom. The van der Waals surface area contributed by atoms with Gasteiger partial charge in [0.15, 0.2) is 0 Å². The third kappa shape index (κ3) is 7.71. The molecule has 0 saturated carbocycles. The van der Waals surface area contributed by atoms with Gasteiger partial charge in [-0.25, -0.2) is 8.42 Å². The van der Waals surface area contributed by atoms with Crippen LogP contribution in [0.4, 0.5) is 0 Å². The molecule has 0 aliphatic carbocycles. The second-order valence-corrected chi connectivity index (χ2v) is 12.4. The van der Waals surface area contributed by atoms with E-state index in [2.05, 4.69) is 0 Å². The molecule has 2 rings (SSSR count). The molecule has 0 bridgehead atoms. The molecule has 8 nitrogen and oxygen atoms in total. The van der Waals surface area contributed by atoms with Crippen molar-refractivity contribution in [3.05, 3.63) is 60.2 Å². The molecule has 3 N–H and O–H groups in total. The summed E-state index contributed by atoms with van der Waals surface area (Å²) in [6.45, 7) is 7.71. The molecule has 2 atom stereocenters. The van der Waals surface area contributed by atoms with E-state index in [4.69, 9.17) is 14.8 Å². The molecule has 0 fully saturated rings. The van der Waals surface area contributed by atoms with E-state index in [0.29, 0.717) is 6.42 Å². The molecule has 190 valence electrons. The molecule has 0 saturated heterocycles.